The van der Waals surface area contributed by atoms with Crippen LogP contribution in [0.3, 0.4) is 0 Å². The Morgan fingerprint density at radius 3 is 2.95 bits per heavy atom. The molecule has 1 atom stereocenters. The van der Waals surface area contributed by atoms with Gasteiger partial charge < -0.3 is 15.7 Å². The van der Waals surface area contributed by atoms with Gasteiger partial charge in [-0.15, -0.1) is 0 Å². The van der Waals surface area contributed by atoms with Crippen LogP contribution in [0.1, 0.15) is 16.9 Å². The fourth-order valence-electron chi connectivity index (χ4n) is 2.67. The number of fused-ring (bicyclic) bond motifs is 1. The third-order valence-corrected chi connectivity index (χ3v) is 3.85. The molecule has 2 heterocycles. The van der Waals surface area contributed by atoms with Crippen molar-refractivity contribution < 1.29 is 14.7 Å². The summed E-state index contributed by atoms with van der Waals surface area (Å²) in [6.07, 6.45) is 0.365. The van der Waals surface area contributed by atoms with Crippen molar-refractivity contribution >= 4 is 22.7 Å². The number of benzene rings is 1. The van der Waals surface area contributed by atoms with Crippen LogP contribution in [0, 0.1) is 0 Å². The highest BCUT2D eigenvalue weighted by molar-refractivity contribution is 6.07. The van der Waals surface area contributed by atoms with Gasteiger partial charge in [-0.05, 0) is 12.5 Å². The smallest absolute Gasteiger partial charge is 0.271 e. The maximum absolute atomic E-state index is 12.5. The number of rotatable bonds is 3. The van der Waals surface area contributed by atoms with E-state index in [1.54, 1.807) is 13.1 Å². The van der Waals surface area contributed by atoms with E-state index in [9.17, 15) is 14.7 Å². The highest BCUT2D eigenvalue weighted by atomic mass is 16.3. The van der Waals surface area contributed by atoms with Crippen LogP contribution in [0.25, 0.3) is 10.9 Å². The number of aromatic nitrogens is 2. The molecule has 110 valence electrons. The van der Waals surface area contributed by atoms with Crippen LogP contribution in [-0.4, -0.2) is 45.4 Å². The molecule has 21 heavy (non-hydrogen) atoms. The Morgan fingerprint density at radius 2 is 2.29 bits per heavy atom. The minimum Gasteiger partial charge on any atom is -0.393 e. The Kier molecular flexibility index (Phi) is 3.13. The molecular weight excluding hydrogens is 272 g/mol. The number of carbonyl (C=O) groups excluding carboxylic acids is 2. The zero-order chi connectivity index (χ0) is 15.0. The summed E-state index contributed by atoms with van der Waals surface area (Å²) in [4.78, 5) is 24.4. The Bertz CT molecular complexity index is 724. The minimum atomic E-state index is -1.25. The van der Waals surface area contributed by atoms with Gasteiger partial charge in [0.25, 0.3) is 5.91 Å². The van der Waals surface area contributed by atoms with Gasteiger partial charge in [0.05, 0.1) is 12.1 Å². The first-order valence-corrected chi connectivity index (χ1v) is 6.71. The average molecular weight is 288 g/mol. The molecule has 0 aliphatic carbocycles. The van der Waals surface area contributed by atoms with Crippen molar-refractivity contribution in [1.29, 1.82) is 0 Å². The summed E-state index contributed by atoms with van der Waals surface area (Å²) >= 11 is 0. The number of aliphatic hydroxyl groups is 1. The summed E-state index contributed by atoms with van der Waals surface area (Å²) in [6, 6.07) is 7.29. The van der Waals surface area contributed by atoms with Crippen molar-refractivity contribution in [1.82, 2.24) is 20.4 Å². The number of hydrogen-bond donors (Lipinski definition) is 3. The lowest BCUT2D eigenvalue weighted by atomic mass is 9.98. The van der Waals surface area contributed by atoms with E-state index in [-0.39, 0.29) is 5.91 Å². The second-order valence-electron chi connectivity index (χ2n) is 5.19. The van der Waals surface area contributed by atoms with Gasteiger partial charge in [-0.1, -0.05) is 18.2 Å². The topological polar surface area (TPSA) is 96.2 Å². The molecule has 1 aliphatic heterocycles. The van der Waals surface area contributed by atoms with Crippen LogP contribution in [0.5, 0.6) is 0 Å². The Morgan fingerprint density at radius 1 is 1.52 bits per heavy atom. The van der Waals surface area contributed by atoms with Gasteiger partial charge in [-0.25, -0.2) is 0 Å². The van der Waals surface area contributed by atoms with E-state index < -0.39 is 18.1 Å². The average Bonchev–Trinajstić information content (AvgIpc) is 2.99. The lowest BCUT2D eigenvalue weighted by Crippen LogP contribution is -2.56. The molecule has 2 aromatic rings. The number of hydrogen-bond acceptors (Lipinski definition) is 4. The highest BCUT2D eigenvalue weighted by Gasteiger charge is 2.43. The molecule has 1 unspecified atom stereocenters. The zero-order valence-electron chi connectivity index (χ0n) is 11.6. The summed E-state index contributed by atoms with van der Waals surface area (Å²) in [6.45, 7) is 0.00612. The van der Waals surface area contributed by atoms with Crippen molar-refractivity contribution in [3.8, 4) is 0 Å². The second kappa shape index (κ2) is 4.85. The van der Waals surface area contributed by atoms with Crippen LogP contribution in [0.2, 0.25) is 0 Å². The Balaban J connectivity index is 1.98. The molecule has 1 aromatic heterocycles. The zero-order valence-corrected chi connectivity index (χ0v) is 11.6. The molecule has 1 saturated heterocycles. The molecular formula is C14H16N4O3. The maximum atomic E-state index is 12.5. The normalized spacial score (nSPS) is 21.5. The number of carbonyl (C=O) groups is 2. The van der Waals surface area contributed by atoms with Crippen molar-refractivity contribution in [3.63, 3.8) is 0 Å². The molecule has 1 aromatic carbocycles. The fourth-order valence-corrected chi connectivity index (χ4v) is 2.67. The predicted octanol–water partition coefficient (Wildman–Crippen LogP) is -0.446. The lowest BCUT2D eigenvalue weighted by Gasteiger charge is -2.24. The summed E-state index contributed by atoms with van der Waals surface area (Å²) in [7, 11) is 1.68. The lowest BCUT2D eigenvalue weighted by molar-refractivity contribution is -0.125. The highest BCUT2D eigenvalue weighted by Crippen LogP contribution is 2.20. The molecule has 1 fully saturated rings. The quantitative estimate of drug-likeness (QED) is 0.713. The number of nitrogens with one attached hydrogen (secondary N) is 2. The summed E-state index contributed by atoms with van der Waals surface area (Å²) in [5.41, 5.74) is -0.167. The third-order valence-electron chi connectivity index (χ3n) is 3.85. The molecule has 0 bridgehead atoms. The first kappa shape index (κ1) is 13.6. The van der Waals surface area contributed by atoms with Gasteiger partial charge in [0.15, 0.2) is 0 Å². The maximum Gasteiger partial charge on any atom is 0.271 e. The van der Waals surface area contributed by atoms with Crippen LogP contribution in [-0.2, 0) is 11.8 Å². The van der Waals surface area contributed by atoms with E-state index in [1.807, 2.05) is 18.2 Å². The molecule has 7 heteroatoms. The molecule has 0 saturated carbocycles. The van der Waals surface area contributed by atoms with Crippen LogP contribution >= 0.6 is 0 Å². The van der Waals surface area contributed by atoms with Gasteiger partial charge in [-0.2, -0.15) is 5.10 Å². The molecule has 1 aliphatic rings. The molecule has 3 rings (SSSR count). The SMILES string of the molecule is Cn1nc2ccccc2c1C(=O)NC1(CO)CCNC1=O. The third kappa shape index (κ3) is 2.06. The molecule has 7 nitrogen and oxygen atoms in total. The van der Waals surface area contributed by atoms with E-state index >= 15 is 0 Å². The standard InChI is InChI=1S/C14H16N4O3/c1-18-11(9-4-2-3-5-10(9)17-18)12(20)16-14(8-19)6-7-15-13(14)21/h2-5,19H,6-8H2,1H3,(H,15,21)(H,16,20). The Labute approximate surface area is 120 Å². The van der Waals surface area contributed by atoms with Gasteiger partial charge in [0.2, 0.25) is 5.91 Å². The van der Waals surface area contributed by atoms with Crippen molar-refractivity contribution in [2.24, 2.45) is 7.05 Å². The van der Waals surface area contributed by atoms with Gasteiger partial charge in [0.1, 0.15) is 11.2 Å². The van der Waals surface area contributed by atoms with Gasteiger partial charge >= 0.3 is 0 Å². The second-order valence-corrected chi connectivity index (χ2v) is 5.19. The van der Waals surface area contributed by atoms with Gasteiger partial charge in [0, 0.05) is 19.0 Å². The van der Waals surface area contributed by atoms with E-state index in [1.165, 1.54) is 4.68 Å². The number of amides is 2. The number of aliphatic hydroxyl groups excluding tert-OH is 1. The Hall–Kier alpha value is -2.41. The largest absolute Gasteiger partial charge is 0.393 e. The van der Waals surface area contributed by atoms with E-state index in [0.29, 0.717) is 29.6 Å². The van der Waals surface area contributed by atoms with Crippen LogP contribution < -0.4 is 10.6 Å². The first-order valence-electron chi connectivity index (χ1n) is 6.71. The van der Waals surface area contributed by atoms with Crippen molar-refractivity contribution in [2.45, 2.75) is 12.0 Å². The van der Waals surface area contributed by atoms with Crippen molar-refractivity contribution in [2.75, 3.05) is 13.2 Å². The van der Waals surface area contributed by atoms with E-state index in [4.69, 9.17) is 0 Å². The minimum absolute atomic E-state index is 0.357. The summed E-state index contributed by atoms with van der Waals surface area (Å²) in [5.74, 6) is -0.776. The predicted molar refractivity (Wildman–Crippen MR) is 75.6 cm³/mol. The van der Waals surface area contributed by atoms with Gasteiger partial charge in [-0.3, -0.25) is 14.3 Å². The van der Waals surface area contributed by atoms with Crippen LogP contribution in [0.4, 0.5) is 0 Å². The van der Waals surface area contributed by atoms with E-state index in [0.717, 1.165) is 0 Å². The first-order chi connectivity index (χ1) is 10.1. The monoisotopic (exact) mass is 288 g/mol. The molecule has 0 spiro atoms. The van der Waals surface area contributed by atoms with Crippen molar-refractivity contribution in [3.05, 3.63) is 30.0 Å². The summed E-state index contributed by atoms with van der Waals surface area (Å²) in [5, 5.41) is 19.8. The number of aryl methyl sites for hydroxylation is 1. The van der Waals surface area contributed by atoms with E-state index in [2.05, 4.69) is 15.7 Å². The molecule has 3 N–H and O–H groups in total. The fraction of sp³-hybridized carbons (Fsp3) is 0.357. The van der Waals surface area contributed by atoms with Crippen LogP contribution in [0.15, 0.2) is 24.3 Å². The molecule has 0 radical (unpaired) electrons. The summed E-state index contributed by atoms with van der Waals surface area (Å²) < 4.78 is 1.48. The molecule has 2 amide bonds. The number of nitrogens with zero attached hydrogens (tertiary/aromatic N) is 2.